The van der Waals surface area contributed by atoms with Crippen molar-refractivity contribution in [3.05, 3.63) is 105 Å². The van der Waals surface area contributed by atoms with Crippen molar-refractivity contribution in [1.29, 1.82) is 0 Å². The average molecular weight is 997 g/mol. The van der Waals surface area contributed by atoms with Crippen molar-refractivity contribution < 1.29 is 63.9 Å². The van der Waals surface area contributed by atoms with E-state index in [0.717, 1.165) is 72.2 Å². The zero-order valence-corrected chi connectivity index (χ0v) is 39.9. The molecule has 1 aromatic heterocycles. The third-order valence-electron chi connectivity index (χ3n) is 11.8. The van der Waals surface area contributed by atoms with E-state index in [1.54, 1.807) is 12.0 Å². The Morgan fingerprint density at radius 1 is 1.03 bits per heavy atom. The van der Waals surface area contributed by atoms with Gasteiger partial charge in [0.2, 0.25) is 5.91 Å². The van der Waals surface area contributed by atoms with Crippen molar-refractivity contribution in [2.45, 2.75) is 88.7 Å². The molecule has 1 saturated carbocycles. The third kappa shape index (κ3) is 11.2. The van der Waals surface area contributed by atoms with Crippen LogP contribution in [0, 0.1) is 25.1 Å². The summed E-state index contributed by atoms with van der Waals surface area (Å²) < 4.78 is 92.4. The second-order valence-electron chi connectivity index (χ2n) is 16.7. The second-order valence-corrected chi connectivity index (χ2v) is 18.9. The number of carbonyl (C=O) groups is 5. The summed E-state index contributed by atoms with van der Waals surface area (Å²) in [6.45, 7) is 6.30. The van der Waals surface area contributed by atoms with Gasteiger partial charge in [-0.1, -0.05) is 36.2 Å². The first kappa shape index (κ1) is 52.0. The van der Waals surface area contributed by atoms with Crippen molar-refractivity contribution in [3.8, 4) is 18.1 Å². The van der Waals surface area contributed by atoms with Crippen LogP contribution in [0.3, 0.4) is 0 Å². The molecule has 0 radical (unpaired) electrons. The molecule has 366 valence electrons. The number of para-hydroxylation sites is 1. The molecule has 2 aliphatic carbocycles. The Morgan fingerprint density at radius 3 is 2.26 bits per heavy atom. The summed E-state index contributed by atoms with van der Waals surface area (Å²) in [5, 5.41) is 3.55. The Kier molecular flexibility index (Phi) is 16.2. The van der Waals surface area contributed by atoms with Crippen molar-refractivity contribution in [2.75, 3.05) is 53.7 Å². The highest BCUT2D eigenvalue weighted by Gasteiger charge is 2.42. The van der Waals surface area contributed by atoms with E-state index in [4.69, 9.17) is 32.0 Å². The Labute approximate surface area is 401 Å². The molecule has 3 aromatic carbocycles. The Bertz CT molecular complexity index is 2840. The summed E-state index contributed by atoms with van der Waals surface area (Å²) in [5.74, 6) is -0.0291. The zero-order chi connectivity index (χ0) is 50.5. The number of amides is 4. The van der Waals surface area contributed by atoms with E-state index < -0.39 is 49.9 Å². The molecule has 1 fully saturated rings. The van der Waals surface area contributed by atoms with Gasteiger partial charge in [-0.25, -0.2) is 17.7 Å². The Balaban J connectivity index is 0.000000173. The number of hydrogen-bond acceptors (Lipinski definition) is 11. The molecule has 4 aliphatic rings. The lowest BCUT2D eigenvalue weighted by Crippen LogP contribution is -2.43. The second kappa shape index (κ2) is 21.5. The van der Waals surface area contributed by atoms with Crippen molar-refractivity contribution in [2.24, 2.45) is 0 Å². The van der Waals surface area contributed by atoms with Gasteiger partial charge in [-0.15, -0.1) is 18.0 Å². The van der Waals surface area contributed by atoms with Crippen LogP contribution in [0.5, 0.6) is 5.75 Å². The quantitative estimate of drug-likeness (QED) is 0.0439. The van der Waals surface area contributed by atoms with Crippen molar-refractivity contribution in [3.63, 3.8) is 0 Å². The lowest BCUT2D eigenvalue weighted by Gasteiger charge is -2.31. The lowest BCUT2D eigenvalue weighted by molar-refractivity contribution is -0.137. The minimum atomic E-state index is -4.71. The molecule has 8 rings (SSSR count). The number of fused-ring (bicyclic) bond motifs is 1. The summed E-state index contributed by atoms with van der Waals surface area (Å²) in [7, 11) is -2.40. The maximum absolute atomic E-state index is 14.7. The number of rotatable bonds is 12. The fraction of sp³-hybridized carbons (Fsp3) is 0.388. The number of aromatic nitrogens is 1. The van der Waals surface area contributed by atoms with Crippen LogP contribution < -0.4 is 19.4 Å². The number of nitrogens with zero attached hydrogens (tertiary/aromatic N) is 4. The number of sulfone groups is 1. The third-order valence-corrected chi connectivity index (χ3v) is 13.1. The van der Waals surface area contributed by atoms with E-state index in [-0.39, 0.29) is 71.1 Å². The first-order valence-electron chi connectivity index (χ1n) is 21.8. The molecular formula is C49H49ClF4N4O10S. The van der Waals surface area contributed by atoms with Crippen molar-refractivity contribution >= 4 is 67.9 Å². The fourth-order valence-corrected chi connectivity index (χ4v) is 9.35. The number of ketones is 1. The van der Waals surface area contributed by atoms with Crippen LogP contribution in [0.2, 0.25) is 0 Å². The number of ether oxygens (including phenoxy) is 2. The molecule has 1 unspecified atom stereocenters. The standard InChI is InChI=1S/C19H15FN2O4.C15H22ClNO2.C15H12F3NO4S/c1-2-7-21-15-9-14(13(20)8-16(15)26-10-17(21)23)22-18(24)11-5-3-4-6-12(11)19(22)25;1-5-13-8-6-7-11(2)15(13)17(14(18)9-16)12(3)10-19-4;1-24(21,22)12-6-9(15(16,17)18)4-5-10(12)13(20)11-7-19-23-14(11)8-2-3-8/h1,8-9H,3-7,10H2;6-8,12H,5,9-10H2,1-4H3;4-8H,2-3H2,1H3. The molecule has 0 saturated heterocycles. The van der Waals surface area contributed by atoms with Gasteiger partial charge in [0.25, 0.3) is 17.7 Å². The molecule has 1 atom stereocenters. The van der Waals surface area contributed by atoms with Gasteiger partial charge in [-0.05, 0) is 94.2 Å². The number of benzene rings is 3. The monoisotopic (exact) mass is 996 g/mol. The topological polar surface area (TPSA) is 174 Å². The van der Waals surface area contributed by atoms with Gasteiger partial charge in [0.15, 0.2) is 33.8 Å². The van der Waals surface area contributed by atoms with Gasteiger partial charge in [-0.2, -0.15) is 13.2 Å². The van der Waals surface area contributed by atoms with E-state index in [9.17, 15) is 50.0 Å². The maximum Gasteiger partial charge on any atom is 0.416 e. The molecule has 4 aromatic rings. The molecule has 0 N–H and O–H groups in total. The number of hydrogen-bond donors (Lipinski definition) is 0. The van der Waals surface area contributed by atoms with Crippen molar-refractivity contribution in [1.82, 2.24) is 5.16 Å². The first-order valence-corrected chi connectivity index (χ1v) is 24.3. The molecule has 3 heterocycles. The summed E-state index contributed by atoms with van der Waals surface area (Å²) >= 11 is 5.76. The molecule has 69 heavy (non-hydrogen) atoms. The van der Waals surface area contributed by atoms with E-state index in [0.29, 0.717) is 48.5 Å². The number of halogens is 5. The highest BCUT2D eigenvalue weighted by atomic mass is 35.5. The summed E-state index contributed by atoms with van der Waals surface area (Å²) in [6, 6.07) is 10.5. The molecule has 0 spiro atoms. The van der Waals surface area contributed by atoms with Gasteiger partial charge in [0.1, 0.15) is 11.6 Å². The van der Waals surface area contributed by atoms with E-state index >= 15 is 0 Å². The van der Waals surface area contributed by atoms with Crippen LogP contribution in [-0.2, 0) is 46.3 Å². The lowest BCUT2D eigenvalue weighted by atomic mass is 9.93. The normalized spacial score (nSPS) is 16.0. The number of carbonyl (C=O) groups excluding carboxylic acids is 5. The minimum absolute atomic E-state index is 0.0170. The molecule has 14 nitrogen and oxygen atoms in total. The van der Waals surface area contributed by atoms with Crippen LogP contribution in [0.4, 0.5) is 34.6 Å². The predicted octanol–water partition coefficient (Wildman–Crippen LogP) is 8.30. The van der Waals surface area contributed by atoms with E-state index in [1.165, 1.54) is 17.2 Å². The smallest absolute Gasteiger partial charge is 0.416 e. The van der Waals surface area contributed by atoms with Crippen LogP contribution >= 0.6 is 11.6 Å². The minimum Gasteiger partial charge on any atom is -0.481 e. The largest absolute Gasteiger partial charge is 0.481 e. The number of methoxy groups -OCH3 is 1. The van der Waals surface area contributed by atoms with Gasteiger partial charge in [-0.3, -0.25) is 28.9 Å². The summed E-state index contributed by atoms with van der Waals surface area (Å²) in [4.78, 5) is 65.5. The zero-order valence-electron chi connectivity index (χ0n) is 38.4. The number of anilines is 3. The predicted molar refractivity (Wildman–Crippen MR) is 248 cm³/mol. The van der Waals surface area contributed by atoms with Crippen LogP contribution in [0.1, 0.15) is 96.7 Å². The number of alkyl halides is 4. The Morgan fingerprint density at radius 2 is 1.70 bits per heavy atom. The number of imide groups is 1. The first-order chi connectivity index (χ1) is 32.7. The van der Waals surface area contributed by atoms with E-state index in [2.05, 4.69) is 24.1 Å². The van der Waals surface area contributed by atoms with Crippen LogP contribution in [0.15, 0.2) is 75.3 Å². The van der Waals surface area contributed by atoms with Gasteiger partial charge in [0.05, 0.1) is 58.5 Å². The highest BCUT2D eigenvalue weighted by Crippen LogP contribution is 2.44. The number of aryl methyl sites for hydroxylation is 2. The molecule has 20 heteroatoms. The number of terminal acetylenes is 1. The molecule has 4 amide bonds. The summed E-state index contributed by atoms with van der Waals surface area (Å²) in [6.07, 6.45) is 7.74. The summed E-state index contributed by atoms with van der Waals surface area (Å²) in [5.41, 5.74) is 2.83. The van der Waals surface area contributed by atoms with Gasteiger partial charge >= 0.3 is 6.18 Å². The fourth-order valence-electron chi connectivity index (χ4n) is 8.32. The van der Waals surface area contributed by atoms with Crippen LogP contribution in [0.25, 0.3) is 0 Å². The Hall–Kier alpha value is -6.36. The van der Waals surface area contributed by atoms with E-state index in [1.807, 2.05) is 26.0 Å². The van der Waals surface area contributed by atoms with Gasteiger partial charge < -0.3 is 18.9 Å². The highest BCUT2D eigenvalue weighted by molar-refractivity contribution is 7.90. The molecule has 2 aliphatic heterocycles. The van der Waals surface area contributed by atoms with Crippen LogP contribution in [-0.4, -0.2) is 88.0 Å². The van der Waals surface area contributed by atoms with Gasteiger partial charge in [0, 0.05) is 42.1 Å². The SMILES string of the molecule is C#CCN1C(=O)COc2cc(F)c(N3C(=O)C4=C(CCCC4)C3=O)cc21.CCc1cccc(C)c1N(C(=O)CCl)C(C)COC.CS(=O)(=O)c1cc(C(F)(F)F)ccc1C(=O)c1cnoc1C1CC1. The molecular weight excluding hydrogens is 948 g/mol. The average Bonchev–Trinajstić information content (AvgIpc) is 3.98. The maximum atomic E-state index is 14.7. The molecule has 0 bridgehead atoms.